The molecule has 2 aromatic rings. The van der Waals surface area contributed by atoms with E-state index < -0.39 is 0 Å². The Kier molecular flexibility index (Phi) is 2.17. The average molecular weight is 262 g/mol. The van der Waals surface area contributed by atoms with Crippen molar-refractivity contribution in [1.82, 2.24) is 0 Å². The molecule has 0 aliphatic heterocycles. The van der Waals surface area contributed by atoms with Crippen molar-refractivity contribution in [2.24, 2.45) is 5.92 Å². The van der Waals surface area contributed by atoms with Gasteiger partial charge in [-0.05, 0) is 39.0 Å². The van der Waals surface area contributed by atoms with Gasteiger partial charge >= 0.3 is 0 Å². The third-order valence-corrected chi connectivity index (χ3v) is 5.87. The Labute approximate surface area is 121 Å². The molecule has 0 atom stereocenters. The molecule has 20 heavy (non-hydrogen) atoms. The zero-order valence-electron chi connectivity index (χ0n) is 12.8. The van der Waals surface area contributed by atoms with Gasteiger partial charge in [-0.25, -0.2) is 0 Å². The van der Waals surface area contributed by atoms with Crippen LogP contribution in [0.1, 0.15) is 55.9 Å². The Morgan fingerprint density at radius 1 is 0.650 bits per heavy atom. The number of fused-ring (bicyclic) bond motifs is 5. The molecule has 0 bridgehead atoms. The Morgan fingerprint density at radius 3 is 1.50 bits per heavy atom. The van der Waals surface area contributed by atoms with Crippen LogP contribution in [-0.2, 0) is 10.8 Å². The van der Waals surface area contributed by atoms with Crippen molar-refractivity contribution in [3.8, 4) is 0 Å². The number of benzene rings is 2. The second kappa shape index (κ2) is 3.55. The third kappa shape index (κ3) is 1.23. The highest BCUT2D eigenvalue weighted by molar-refractivity contribution is 5.58. The summed E-state index contributed by atoms with van der Waals surface area (Å²) < 4.78 is 0. The predicted octanol–water partition coefficient (Wildman–Crippen LogP) is 5.02. The molecule has 0 radical (unpaired) electrons. The van der Waals surface area contributed by atoms with E-state index >= 15 is 0 Å². The summed E-state index contributed by atoms with van der Waals surface area (Å²) in [6, 6.07) is 18.2. The molecule has 0 unspecified atom stereocenters. The van der Waals surface area contributed by atoms with Crippen LogP contribution in [0.15, 0.2) is 48.5 Å². The molecule has 2 aliphatic rings. The molecule has 0 spiro atoms. The minimum absolute atomic E-state index is 0.240. The molecule has 0 amide bonds. The maximum atomic E-state index is 2.43. The van der Waals surface area contributed by atoms with E-state index in [0.29, 0.717) is 11.8 Å². The Balaban J connectivity index is 2.06. The van der Waals surface area contributed by atoms with Crippen molar-refractivity contribution in [2.45, 2.75) is 44.4 Å². The van der Waals surface area contributed by atoms with E-state index in [4.69, 9.17) is 0 Å². The predicted molar refractivity (Wildman–Crippen MR) is 84.3 cm³/mol. The van der Waals surface area contributed by atoms with Crippen molar-refractivity contribution < 1.29 is 0 Å². The van der Waals surface area contributed by atoms with Crippen molar-refractivity contribution in [3.05, 3.63) is 70.8 Å². The van der Waals surface area contributed by atoms with Crippen LogP contribution in [0, 0.1) is 5.92 Å². The zero-order valence-corrected chi connectivity index (χ0v) is 12.8. The maximum Gasteiger partial charge on any atom is 0.0140 e. The summed E-state index contributed by atoms with van der Waals surface area (Å²) in [6.45, 7) is 9.74. The van der Waals surface area contributed by atoms with Crippen LogP contribution in [0.5, 0.6) is 0 Å². The fourth-order valence-corrected chi connectivity index (χ4v) is 5.31. The molecular formula is C20H22. The topological polar surface area (TPSA) is 0 Å². The largest absolute Gasteiger partial charge is 0.0620 e. The molecule has 0 saturated carbocycles. The first-order valence-electron chi connectivity index (χ1n) is 7.64. The van der Waals surface area contributed by atoms with E-state index in [0.717, 1.165) is 0 Å². The van der Waals surface area contributed by atoms with Crippen molar-refractivity contribution in [2.75, 3.05) is 0 Å². The van der Waals surface area contributed by atoms with E-state index in [-0.39, 0.29) is 10.8 Å². The third-order valence-electron chi connectivity index (χ3n) is 5.87. The lowest BCUT2D eigenvalue weighted by Crippen LogP contribution is -2.37. The first kappa shape index (κ1) is 12.2. The van der Waals surface area contributed by atoms with Crippen molar-refractivity contribution in [1.29, 1.82) is 0 Å². The molecule has 0 nitrogen and oxygen atoms in total. The van der Waals surface area contributed by atoms with Gasteiger partial charge in [-0.15, -0.1) is 0 Å². The molecule has 2 aliphatic carbocycles. The normalized spacial score (nSPS) is 27.8. The van der Waals surface area contributed by atoms with Crippen LogP contribution in [0.3, 0.4) is 0 Å². The molecule has 0 N–H and O–H groups in total. The Morgan fingerprint density at radius 2 is 1.05 bits per heavy atom. The van der Waals surface area contributed by atoms with Crippen molar-refractivity contribution >= 4 is 0 Å². The first-order chi connectivity index (χ1) is 9.45. The molecule has 0 aromatic heterocycles. The molecule has 102 valence electrons. The van der Waals surface area contributed by atoms with Crippen LogP contribution in [0.25, 0.3) is 0 Å². The van der Waals surface area contributed by atoms with Gasteiger partial charge in [-0.2, -0.15) is 0 Å². The SMILES string of the molecule is CC1(C)c2ccccc2C2c3ccccc3C(C)(C)C21. The summed E-state index contributed by atoms with van der Waals surface area (Å²) in [7, 11) is 0. The summed E-state index contributed by atoms with van der Waals surface area (Å²) in [5.74, 6) is 1.23. The molecule has 0 saturated heterocycles. The zero-order chi connectivity index (χ0) is 14.1. The quantitative estimate of drug-likeness (QED) is 0.625. The van der Waals surface area contributed by atoms with Gasteiger partial charge < -0.3 is 0 Å². The van der Waals surface area contributed by atoms with Gasteiger partial charge in [0, 0.05) is 5.92 Å². The molecule has 0 heteroatoms. The van der Waals surface area contributed by atoms with Crippen LogP contribution in [0.2, 0.25) is 0 Å². The minimum Gasteiger partial charge on any atom is -0.0620 e. The van der Waals surface area contributed by atoms with Gasteiger partial charge in [-0.3, -0.25) is 0 Å². The molecule has 0 heterocycles. The number of hydrogen-bond acceptors (Lipinski definition) is 0. The number of rotatable bonds is 0. The molecular weight excluding hydrogens is 240 g/mol. The van der Waals surface area contributed by atoms with Gasteiger partial charge in [0.15, 0.2) is 0 Å². The second-order valence-corrected chi connectivity index (χ2v) is 7.57. The molecule has 2 aromatic carbocycles. The smallest absolute Gasteiger partial charge is 0.0140 e. The van der Waals surface area contributed by atoms with E-state index in [2.05, 4.69) is 76.2 Å². The van der Waals surface area contributed by atoms with E-state index in [1.165, 1.54) is 0 Å². The lowest BCUT2D eigenvalue weighted by atomic mass is 9.65. The minimum atomic E-state index is 0.240. The lowest BCUT2D eigenvalue weighted by Gasteiger charge is -2.38. The van der Waals surface area contributed by atoms with Gasteiger partial charge in [0.05, 0.1) is 0 Å². The summed E-state index contributed by atoms with van der Waals surface area (Å²) in [5, 5.41) is 0. The van der Waals surface area contributed by atoms with Crippen LogP contribution in [0.4, 0.5) is 0 Å². The van der Waals surface area contributed by atoms with Crippen molar-refractivity contribution in [3.63, 3.8) is 0 Å². The van der Waals surface area contributed by atoms with Crippen LogP contribution >= 0.6 is 0 Å². The van der Waals surface area contributed by atoms with E-state index in [9.17, 15) is 0 Å². The molecule has 4 rings (SSSR count). The standard InChI is InChI=1S/C20H22/c1-19(2)15-11-7-5-9-13(15)17-14-10-6-8-12-16(14)20(3,4)18(17)19/h5-12,17-18H,1-4H3. The summed E-state index contributed by atoms with van der Waals surface area (Å²) in [5.41, 5.74) is 6.70. The van der Waals surface area contributed by atoms with Crippen LogP contribution in [-0.4, -0.2) is 0 Å². The lowest BCUT2D eigenvalue weighted by molar-refractivity contribution is 0.227. The maximum absolute atomic E-state index is 2.43. The summed E-state index contributed by atoms with van der Waals surface area (Å²) in [4.78, 5) is 0. The van der Waals surface area contributed by atoms with Gasteiger partial charge in [0.25, 0.3) is 0 Å². The Hall–Kier alpha value is -1.56. The highest BCUT2D eigenvalue weighted by Crippen LogP contribution is 2.64. The first-order valence-corrected chi connectivity index (χ1v) is 7.64. The fraction of sp³-hybridized carbons (Fsp3) is 0.400. The van der Waals surface area contributed by atoms with E-state index in [1.54, 1.807) is 22.3 Å². The monoisotopic (exact) mass is 262 g/mol. The number of hydrogen-bond donors (Lipinski definition) is 0. The summed E-state index contributed by atoms with van der Waals surface area (Å²) >= 11 is 0. The summed E-state index contributed by atoms with van der Waals surface area (Å²) in [6.07, 6.45) is 0. The van der Waals surface area contributed by atoms with E-state index in [1.807, 2.05) is 0 Å². The van der Waals surface area contributed by atoms with Gasteiger partial charge in [0.1, 0.15) is 0 Å². The van der Waals surface area contributed by atoms with Crippen LogP contribution < -0.4 is 0 Å². The highest BCUT2D eigenvalue weighted by Gasteiger charge is 2.58. The van der Waals surface area contributed by atoms with Gasteiger partial charge in [-0.1, -0.05) is 76.2 Å². The second-order valence-electron chi connectivity index (χ2n) is 7.57. The fourth-order valence-electron chi connectivity index (χ4n) is 5.31. The molecule has 0 fully saturated rings. The highest BCUT2D eigenvalue weighted by atomic mass is 14.6. The Bertz CT molecular complexity index is 631. The van der Waals surface area contributed by atoms with Gasteiger partial charge in [0.2, 0.25) is 0 Å². The average Bonchev–Trinajstić information content (AvgIpc) is 2.82.